The minimum Gasteiger partial charge on any atom is -0.380 e. The molecule has 2 fully saturated rings. The molecule has 1 saturated heterocycles. The first-order valence-electron chi connectivity index (χ1n) is 10.3. The summed E-state index contributed by atoms with van der Waals surface area (Å²) >= 11 is 0. The van der Waals surface area contributed by atoms with Crippen molar-refractivity contribution in [3.63, 3.8) is 0 Å². The predicted octanol–water partition coefficient (Wildman–Crippen LogP) is 3.25. The fraction of sp³-hybridized carbons (Fsp3) is 0.500. The van der Waals surface area contributed by atoms with Crippen molar-refractivity contribution in [2.24, 2.45) is 0 Å². The van der Waals surface area contributed by atoms with Gasteiger partial charge < -0.3 is 15.0 Å². The van der Waals surface area contributed by atoms with Crippen LogP contribution in [0.1, 0.15) is 25.7 Å². The summed E-state index contributed by atoms with van der Waals surface area (Å²) in [5.74, 6) is 0.648. The van der Waals surface area contributed by atoms with Crippen molar-refractivity contribution < 1.29 is 9.53 Å². The summed E-state index contributed by atoms with van der Waals surface area (Å²) in [6.07, 6.45) is 8.03. The van der Waals surface area contributed by atoms with Crippen molar-refractivity contribution in [1.29, 1.82) is 0 Å². The van der Waals surface area contributed by atoms with E-state index in [4.69, 9.17) is 4.74 Å². The number of nitrogens with zero attached hydrogens (tertiary/aromatic N) is 4. The lowest BCUT2D eigenvalue weighted by Crippen LogP contribution is -2.50. The van der Waals surface area contributed by atoms with Crippen LogP contribution < -0.4 is 5.32 Å². The number of anilines is 1. The normalized spacial score (nSPS) is 24.6. The Morgan fingerprint density at radius 2 is 1.93 bits per heavy atom. The first kappa shape index (κ1) is 19.8. The lowest BCUT2D eigenvalue weighted by molar-refractivity contribution is 0.0907. The van der Waals surface area contributed by atoms with E-state index in [1.54, 1.807) is 19.5 Å². The molecule has 0 spiro atoms. The van der Waals surface area contributed by atoms with Gasteiger partial charge >= 0.3 is 6.03 Å². The molecule has 2 aromatic rings. The highest BCUT2D eigenvalue weighted by atomic mass is 16.5. The number of carbonyl (C=O) groups is 1. The van der Waals surface area contributed by atoms with Crippen LogP contribution in [0.4, 0.5) is 10.5 Å². The minimum absolute atomic E-state index is 0.111. The topological polar surface area (TPSA) is 70.6 Å². The number of methoxy groups -OCH3 is 1. The molecular weight excluding hydrogens is 366 g/mol. The summed E-state index contributed by atoms with van der Waals surface area (Å²) in [4.78, 5) is 26.0. The number of hydrogen-bond acceptors (Lipinski definition) is 5. The molecule has 1 N–H and O–H groups in total. The highest BCUT2D eigenvalue weighted by Gasteiger charge is 2.39. The maximum atomic E-state index is 12.9. The van der Waals surface area contributed by atoms with Gasteiger partial charge in [0.1, 0.15) is 0 Å². The van der Waals surface area contributed by atoms with Gasteiger partial charge in [-0.1, -0.05) is 30.3 Å². The third kappa shape index (κ3) is 4.41. The molecule has 0 radical (unpaired) electrons. The van der Waals surface area contributed by atoms with Crippen LogP contribution in [0.3, 0.4) is 0 Å². The maximum Gasteiger partial charge on any atom is 0.321 e. The quantitative estimate of drug-likeness (QED) is 0.842. The minimum atomic E-state index is -0.111. The highest BCUT2D eigenvalue weighted by molar-refractivity contribution is 5.89. The molecule has 2 aliphatic rings. The number of benzene rings is 1. The lowest BCUT2D eigenvalue weighted by Gasteiger charge is -2.35. The smallest absolute Gasteiger partial charge is 0.321 e. The molecule has 7 heteroatoms. The fourth-order valence-electron chi connectivity index (χ4n) is 4.54. The van der Waals surface area contributed by atoms with Crippen molar-refractivity contribution >= 4 is 11.7 Å². The van der Waals surface area contributed by atoms with Crippen LogP contribution in [0.15, 0.2) is 42.7 Å². The molecule has 1 aromatic heterocycles. The molecule has 4 rings (SSSR count). The van der Waals surface area contributed by atoms with Gasteiger partial charge in [-0.05, 0) is 25.7 Å². The Morgan fingerprint density at radius 1 is 1.17 bits per heavy atom. The Labute approximate surface area is 172 Å². The molecule has 2 amide bonds. The SMILES string of the molecule is COC1CCN([C@@H]2CCC[C@@H]2N(C)C(=O)Nc2cnc(-c3ccccc3)nc2)C1. The number of carbonyl (C=O) groups excluding carboxylic acids is 1. The monoisotopic (exact) mass is 395 g/mol. The van der Waals surface area contributed by atoms with Crippen LogP contribution in [0, 0.1) is 0 Å². The third-order valence-corrected chi connectivity index (χ3v) is 6.18. The summed E-state index contributed by atoms with van der Waals surface area (Å²) in [7, 11) is 3.67. The number of urea groups is 1. The maximum absolute atomic E-state index is 12.9. The first-order chi connectivity index (χ1) is 14.2. The van der Waals surface area contributed by atoms with E-state index >= 15 is 0 Å². The molecule has 29 heavy (non-hydrogen) atoms. The molecule has 1 unspecified atom stereocenters. The van der Waals surface area contributed by atoms with Crippen molar-refractivity contribution in [2.45, 2.75) is 43.9 Å². The van der Waals surface area contributed by atoms with Crippen LogP contribution in [0.5, 0.6) is 0 Å². The van der Waals surface area contributed by atoms with Gasteiger partial charge in [-0.3, -0.25) is 4.90 Å². The summed E-state index contributed by atoms with van der Waals surface area (Å²) in [5, 5.41) is 2.95. The zero-order chi connectivity index (χ0) is 20.2. The van der Waals surface area contributed by atoms with E-state index in [0.29, 0.717) is 23.7 Å². The summed E-state index contributed by atoms with van der Waals surface area (Å²) in [5.41, 5.74) is 1.56. The van der Waals surface area contributed by atoms with E-state index in [0.717, 1.165) is 44.3 Å². The molecule has 2 heterocycles. The van der Waals surface area contributed by atoms with Crippen molar-refractivity contribution in [1.82, 2.24) is 19.8 Å². The Hall–Kier alpha value is -2.51. The second kappa shape index (κ2) is 8.88. The number of hydrogen-bond donors (Lipinski definition) is 1. The van der Waals surface area contributed by atoms with Gasteiger partial charge in [-0.2, -0.15) is 0 Å². The molecule has 7 nitrogen and oxygen atoms in total. The number of aromatic nitrogens is 2. The van der Waals surface area contributed by atoms with E-state index in [-0.39, 0.29) is 12.1 Å². The molecule has 154 valence electrons. The van der Waals surface area contributed by atoms with E-state index in [1.165, 1.54) is 0 Å². The standard InChI is InChI=1S/C22H29N5O2/c1-26(19-9-6-10-20(19)27-12-11-18(15-27)29-2)22(28)25-17-13-23-21(24-14-17)16-7-4-3-5-8-16/h3-5,7-8,13-14,18-20H,6,9-12,15H2,1-2H3,(H,25,28)/t18?,19-,20+/m0/s1. The molecule has 0 bridgehead atoms. The molecule has 1 aliphatic carbocycles. The number of rotatable bonds is 5. The third-order valence-electron chi connectivity index (χ3n) is 6.18. The average Bonchev–Trinajstić information content (AvgIpc) is 3.43. The molecule has 1 aliphatic heterocycles. The van der Waals surface area contributed by atoms with Crippen LogP contribution >= 0.6 is 0 Å². The van der Waals surface area contributed by atoms with E-state index in [9.17, 15) is 4.79 Å². The van der Waals surface area contributed by atoms with Gasteiger partial charge in [0, 0.05) is 44.9 Å². The van der Waals surface area contributed by atoms with Gasteiger partial charge in [0.15, 0.2) is 5.82 Å². The number of nitrogens with one attached hydrogen (secondary N) is 1. The second-order valence-electron chi connectivity index (χ2n) is 7.91. The lowest BCUT2D eigenvalue weighted by atomic mass is 10.1. The van der Waals surface area contributed by atoms with E-state index in [1.807, 2.05) is 42.3 Å². The van der Waals surface area contributed by atoms with Gasteiger partial charge in [0.25, 0.3) is 0 Å². The molecule has 1 aromatic carbocycles. The van der Waals surface area contributed by atoms with Crippen LogP contribution in [0.25, 0.3) is 11.4 Å². The van der Waals surface area contributed by atoms with Crippen molar-refractivity contribution in [2.75, 3.05) is 32.6 Å². The van der Waals surface area contributed by atoms with Crippen LogP contribution in [-0.2, 0) is 4.74 Å². The number of amides is 2. The average molecular weight is 396 g/mol. The van der Waals surface area contributed by atoms with E-state index in [2.05, 4.69) is 20.2 Å². The number of likely N-dealkylation sites (tertiary alicyclic amines) is 1. The molecule has 3 atom stereocenters. The van der Waals surface area contributed by atoms with Gasteiger partial charge in [0.2, 0.25) is 0 Å². The first-order valence-corrected chi connectivity index (χ1v) is 10.3. The Kier molecular flexibility index (Phi) is 6.06. The van der Waals surface area contributed by atoms with E-state index < -0.39 is 0 Å². The Morgan fingerprint density at radius 3 is 2.62 bits per heavy atom. The second-order valence-corrected chi connectivity index (χ2v) is 7.91. The number of likely N-dealkylation sites (N-methyl/N-ethyl adjacent to an activating group) is 1. The largest absolute Gasteiger partial charge is 0.380 e. The summed E-state index contributed by atoms with van der Waals surface area (Å²) < 4.78 is 5.52. The molecular formula is C22H29N5O2. The van der Waals surface area contributed by atoms with Crippen molar-refractivity contribution in [3.8, 4) is 11.4 Å². The van der Waals surface area contributed by atoms with Crippen LogP contribution in [-0.4, -0.2) is 71.2 Å². The van der Waals surface area contributed by atoms with Gasteiger partial charge in [0.05, 0.1) is 24.2 Å². The van der Waals surface area contributed by atoms with Crippen molar-refractivity contribution in [3.05, 3.63) is 42.7 Å². The zero-order valence-corrected chi connectivity index (χ0v) is 17.1. The Bertz CT molecular complexity index is 814. The number of ether oxygens (including phenoxy) is 1. The van der Waals surface area contributed by atoms with Crippen LogP contribution in [0.2, 0.25) is 0 Å². The highest BCUT2D eigenvalue weighted by Crippen LogP contribution is 2.31. The summed E-state index contributed by atoms with van der Waals surface area (Å²) in [6.45, 7) is 2.01. The summed E-state index contributed by atoms with van der Waals surface area (Å²) in [6, 6.07) is 10.3. The van der Waals surface area contributed by atoms with Gasteiger partial charge in [-0.25, -0.2) is 14.8 Å². The molecule has 1 saturated carbocycles. The van der Waals surface area contributed by atoms with Gasteiger partial charge in [-0.15, -0.1) is 0 Å². The fourth-order valence-corrected chi connectivity index (χ4v) is 4.54. The Balaban J connectivity index is 1.37. The zero-order valence-electron chi connectivity index (χ0n) is 17.1. The predicted molar refractivity (Wildman–Crippen MR) is 113 cm³/mol.